The summed E-state index contributed by atoms with van der Waals surface area (Å²) in [5.41, 5.74) is 2.91. The minimum Gasteiger partial charge on any atom is -0.452 e. The lowest BCUT2D eigenvalue weighted by Crippen LogP contribution is -2.32. The van der Waals surface area contributed by atoms with E-state index >= 15 is 0 Å². The second-order valence-corrected chi connectivity index (χ2v) is 5.67. The highest BCUT2D eigenvalue weighted by atomic mass is 16.3. The summed E-state index contributed by atoms with van der Waals surface area (Å²) >= 11 is 0. The van der Waals surface area contributed by atoms with Gasteiger partial charge in [-0.05, 0) is 44.7 Å². The van der Waals surface area contributed by atoms with E-state index < -0.39 is 0 Å². The molecule has 0 spiro atoms. The van der Waals surface area contributed by atoms with Gasteiger partial charge in [-0.15, -0.1) is 0 Å². The van der Waals surface area contributed by atoms with E-state index in [1.165, 1.54) is 25.0 Å². The molecule has 1 aliphatic rings. The first-order chi connectivity index (χ1) is 11.2. The van der Waals surface area contributed by atoms with Crippen LogP contribution >= 0.6 is 0 Å². The summed E-state index contributed by atoms with van der Waals surface area (Å²) in [4.78, 5) is 13.2. The normalized spacial score (nSPS) is 16.3. The standard InChI is InChI=1S/C19H26N2O2/c1-4-9-17(18(5-2)21-12-7-6-8-13-21)20-15(3)19-11-10-16(14-22)23-19/h5,9-11,14,20H,3-4,6-8,12-13H2,1-2H3/b17-9+,18-5+. The summed E-state index contributed by atoms with van der Waals surface area (Å²) < 4.78 is 5.44. The number of carbonyl (C=O) groups is 1. The van der Waals surface area contributed by atoms with Crippen molar-refractivity contribution < 1.29 is 9.21 Å². The van der Waals surface area contributed by atoms with E-state index in [2.05, 4.69) is 42.8 Å². The van der Waals surface area contributed by atoms with E-state index in [1.54, 1.807) is 12.1 Å². The fourth-order valence-electron chi connectivity index (χ4n) is 2.87. The minimum atomic E-state index is 0.311. The van der Waals surface area contributed by atoms with Crippen LogP contribution in [0.25, 0.3) is 5.70 Å². The smallest absolute Gasteiger partial charge is 0.185 e. The molecular formula is C19H26N2O2. The molecule has 23 heavy (non-hydrogen) atoms. The first-order valence-electron chi connectivity index (χ1n) is 8.32. The molecule has 1 fully saturated rings. The topological polar surface area (TPSA) is 45.5 Å². The highest BCUT2D eigenvalue weighted by Gasteiger charge is 2.17. The Labute approximate surface area is 138 Å². The van der Waals surface area contributed by atoms with Crippen molar-refractivity contribution >= 4 is 12.0 Å². The van der Waals surface area contributed by atoms with Crippen LogP contribution in [-0.2, 0) is 0 Å². The molecular weight excluding hydrogens is 288 g/mol. The van der Waals surface area contributed by atoms with Gasteiger partial charge in [0.25, 0.3) is 0 Å². The van der Waals surface area contributed by atoms with E-state index in [4.69, 9.17) is 4.42 Å². The molecule has 0 bridgehead atoms. The average molecular weight is 314 g/mol. The fourth-order valence-corrected chi connectivity index (χ4v) is 2.87. The third-order valence-corrected chi connectivity index (χ3v) is 3.98. The molecule has 0 atom stereocenters. The van der Waals surface area contributed by atoms with Crippen molar-refractivity contribution in [1.82, 2.24) is 10.2 Å². The summed E-state index contributed by atoms with van der Waals surface area (Å²) in [6.45, 7) is 10.4. The summed E-state index contributed by atoms with van der Waals surface area (Å²) in [7, 11) is 0. The first kappa shape index (κ1) is 17.1. The monoisotopic (exact) mass is 314 g/mol. The van der Waals surface area contributed by atoms with Gasteiger partial charge in [-0.2, -0.15) is 0 Å². The molecule has 0 saturated carbocycles. The van der Waals surface area contributed by atoms with Crippen molar-refractivity contribution in [3.05, 3.63) is 53.8 Å². The number of rotatable bonds is 7. The fraction of sp³-hybridized carbons (Fsp3) is 0.421. The van der Waals surface area contributed by atoms with Gasteiger partial charge in [0.15, 0.2) is 17.8 Å². The number of allylic oxidation sites excluding steroid dienone is 2. The maximum Gasteiger partial charge on any atom is 0.185 e. The quantitative estimate of drug-likeness (QED) is 0.601. The molecule has 2 rings (SSSR count). The summed E-state index contributed by atoms with van der Waals surface area (Å²) in [5, 5.41) is 3.37. The van der Waals surface area contributed by atoms with Crippen molar-refractivity contribution in [3.63, 3.8) is 0 Å². The SMILES string of the molecule is C=C(NC(=C/CC)/C(=C\C)N1CCCCC1)c1ccc(C=O)o1. The molecule has 1 aliphatic heterocycles. The van der Waals surface area contributed by atoms with Crippen LogP contribution in [0.2, 0.25) is 0 Å². The van der Waals surface area contributed by atoms with Crippen molar-refractivity contribution in [1.29, 1.82) is 0 Å². The number of nitrogens with one attached hydrogen (secondary N) is 1. The van der Waals surface area contributed by atoms with Crippen LogP contribution in [0, 0.1) is 0 Å². The molecule has 1 aromatic heterocycles. The van der Waals surface area contributed by atoms with Crippen molar-refractivity contribution in [2.75, 3.05) is 13.1 Å². The molecule has 0 radical (unpaired) electrons. The number of hydrogen-bond donors (Lipinski definition) is 1. The zero-order valence-corrected chi connectivity index (χ0v) is 14.1. The first-order valence-corrected chi connectivity index (χ1v) is 8.32. The Bertz CT molecular complexity index is 605. The zero-order chi connectivity index (χ0) is 16.7. The number of furan rings is 1. The molecule has 0 unspecified atom stereocenters. The van der Waals surface area contributed by atoms with Crippen LogP contribution < -0.4 is 5.32 Å². The highest BCUT2D eigenvalue weighted by molar-refractivity contribution is 5.72. The second-order valence-electron chi connectivity index (χ2n) is 5.67. The van der Waals surface area contributed by atoms with Gasteiger partial charge in [-0.25, -0.2) is 0 Å². The van der Waals surface area contributed by atoms with Crippen LogP contribution in [0.15, 0.2) is 46.7 Å². The zero-order valence-electron chi connectivity index (χ0n) is 14.1. The molecule has 0 amide bonds. The lowest BCUT2D eigenvalue weighted by Gasteiger charge is -2.32. The molecule has 0 aliphatic carbocycles. The van der Waals surface area contributed by atoms with Gasteiger partial charge in [0.05, 0.1) is 17.1 Å². The lowest BCUT2D eigenvalue weighted by molar-refractivity contribution is 0.110. The second kappa shape index (κ2) is 8.42. The number of carbonyl (C=O) groups excluding carboxylic acids is 1. The van der Waals surface area contributed by atoms with E-state index in [1.807, 2.05) is 0 Å². The van der Waals surface area contributed by atoms with Crippen molar-refractivity contribution in [2.45, 2.75) is 39.5 Å². The molecule has 1 N–H and O–H groups in total. The summed E-state index contributed by atoms with van der Waals surface area (Å²) in [6.07, 6.45) is 9.71. The van der Waals surface area contributed by atoms with Crippen LogP contribution in [-0.4, -0.2) is 24.3 Å². The predicted molar refractivity (Wildman–Crippen MR) is 93.8 cm³/mol. The van der Waals surface area contributed by atoms with E-state index in [0.29, 0.717) is 23.5 Å². The highest BCUT2D eigenvalue weighted by Crippen LogP contribution is 2.22. The van der Waals surface area contributed by atoms with Gasteiger partial charge in [-0.3, -0.25) is 4.79 Å². The van der Waals surface area contributed by atoms with Gasteiger partial charge in [0.1, 0.15) is 0 Å². The van der Waals surface area contributed by atoms with Crippen molar-refractivity contribution in [2.24, 2.45) is 0 Å². The van der Waals surface area contributed by atoms with Gasteiger partial charge in [-0.1, -0.05) is 25.7 Å². The summed E-state index contributed by atoms with van der Waals surface area (Å²) in [6, 6.07) is 3.42. The number of aldehydes is 1. The van der Waals surface area contributed by atoms with Gasteiger partial charge >= 0.3 is 0 Å². The lowest BCUT2D eigenvalue weighted by atomic mass is 10.1. The Morgan fingerprint density at radius 3 is 2.65 bits per heavy atom. The molecule has 124 valence electrons. The Kier molecular flexibility index (Phi) is 6.27. The van der Waals surface area contributed by atoms with Crippen LogP contribution in [0.4, 0.5) is 0 Å². The third kappa shape index (κ3) is 4.38. The van der Waals surface area contributed by atoms with E-state index in [9.17, 15) is 4.79 Å². The number of nitrogens with zero attached hydrogens (tertiary/aromatic N) is 1. The number of hydrogen-bond acceptors (Lipinski definition) is 4. The molecule has 1 saturated heterocycles. The van der Waals surface area contributed by atoms with Crippen LogP contribution in [0.5, 0.6) is 0 Å². The Morgan fingerprint density at radius 2 is 2.09 bits per heavy atom. The average Bonchev–Trinajstić information content (AvgIpc) is 3.06. The molecule has 0 aromatic carbocycles. The largest absolute Gasteiger partial charge is 0.452 e. The minimum absolute atomic E-state index is 0.311. The Morgan fingerprint density at radius 1 is 1.35 bits per heavy atom. The van der Waals surface area contributed by atoms with Crippen LogP contribution in [0.1, 0.15) is 55.8 Å². The molecule has 2 heterocycles. The maximum absolute atomic E-state index is 10.8. The van der Waals surface area contributed by atoms with E-state index in [0.717, 1.165) is 25.2 Å². The van der Waals surface area contributed by atoms with Gasteiger partial charge in [0.2, 0.25) is 0 Å². The Hall–Kier alpha value is -2.23. The predicted octanol–water partition coefficient (Wildman–Crippen LogP) is 4.34. The van der Waals surface area contributed by atoms with Crippen molar-refractivity contribution in [3.8, 4) is 0 Å². The van der Waals surface area contributed by atoms with E-state index in [-0.39, 0.29) is 0 Å². The molecule has 4 nitrogen and oxygen atoms in total. The number of likely N-dealkylation sites (tertiary alicyclic amines) is 1. The molecule has 1 aromatic rings. The maximum atomic E-state index is 10.8. The number of piperidine rings is 1. The van der Waals surface area contributed by atoms with Gasteiger partial charge < -0.3 is 14.6 Å². The van der Waals surface area contributed by atoms with Gasteiger partial charge in [0, 0.05) is 13.1 Å². The third-order valence-electron chi connectivity index (χ3n) is 3.98. The van der Waals surface area contributed by atoms with Crippen LogP contribution in [0.3, 0.4) is 0 Å². The Balaban J connectivity index is 2.15. The molecule has 4 heteroatoms. The summed E-state index contributed by atoms with van der Waals surface area (Å²) in [5.74, 6) is 0.898.